The van der Waals surface area contributed by atoms with Crippen LogP contribution in [0.15, 0.2) is 70.6 Å². The van der Waals surface area contributed by atoms with Gasteiger partial charge in [-0.2, -0.15) is 4.99 Å². The van der Waals surface area contributed by atoms with Crippen molar-refractivity contribution in [1.29, 1.82) is 0 Å². The number of amides is 2. The first kappa shape index (κ1) is 20.2. The Balaban J connectivity index is 1.70. The summed E-state index contributed by atoms with van der Waals surface area (Å²) in [5, 5.41) is 5.44. The van der Waals surface area contributed by atoms with Gasteiger partial charge in [-0.05, 0) is 40.7 Å². The molecule has 3 aromatic carbocycles. The van der Waals surface area contributed by atoms with E-state index in [1.54, 1.807) is 6.08 Å². The standard InChI is InChI=1S/C23H17ClN2O3S/c1-14(27)25-23-26-22(28)21(30-23)12-18-17-8-4-2-6-15(17)10-11-20(18)29-13-16-7-3-5-9-19(16)24/h2-12H,13H2,1H3,(H,25,26,27,28)/b21-12-. The minimum absolute atomic E-state index is 0.274. The number of aliphatic imine (C=N–C) groups is 1. The van der Waals surface area contributed by atoms with E-state index in [0.717, 1.165) is 33.7 Å². The highest BCUT2D eigenvalue weighted by Gasteiger charge is 2.23. The number of hydrogen-bond donors (Lipinski definition) is 1. The number of halogens is 1. The van der Waals surface area contributed by atoms with Crippen LogP contribution >= 0.6 is 23.4 Å². The Bertz CT molecular complexity index is 1220. The van der Waals surface area contributed by atoms with Gasteiger partial charge in [-0.3, -0.25) is 9.59 Å². The molecule has 30 heavy (non-hydrogen) atoms. The van der Waals surface area contributed by atoms with Gasteiger partial charge in [0.2, 0.25) is 5.91 Å². The van der Waals surface area contributed by atoms with Crippen LogP contribution in [0.2, 0.25) is 5.02 Å². The van der Waals surface area contributed by atoms with Crippen LogP contribution in [0.25, 0.3) is 16.8 Å². The monoisotopic (exact) mass is 436 g/mol. The molecule has 1 aliphatic rings. The van der Waals surface area contributed by atoms with Crippen molar-refractivity contribution in [2.45, 2.75) is 13.5 Å². The van der Waals surface area contributed by atoms with Gasteiger partial charge in [0.1, 0.15) is 12.4 Å². The van der Waals surface area contributed by atoms with Gasteiger partial charge in [-0.25, -0.2) is 0 Å². The number of nitrogens with zero attached hydrogens (tertiary/aromatic N) is 1. The fraction of sp³-hybridized carbons (Fsp3) is 0.0870. The van der Waals surface area contributed by atoms with E-state index in [-0.39, 0.29) is 11.1 Å². The molecule has 2 amide bonds. The summed E-state index contributed by atoms with van der Waals surface area (Å²) in [4.78, 5) is 28.0. The first-order valence-corrected chi connectivity index (χ1v) is 10.4. The summed E-state index contributed by atoms with van der Waals surface area (Å²) < 4.78 is 6.09. The molecular weight excluding hydrogens is 420 g/mol. The maximum atomic E-state index is 12.4. The summed E-state index contributed by atoms with van der Waals surface area (Å²) in [5.41, 5.74) is 1.64. The Hall–Kier alpha value is -3.09. The molecule has 0 spiro atoms. The first-order chi connectivity index (χ1) is 14.5. The van der Waals surface area contributed by atoms with Crippen molar-refractivity contribution in [2.75, 3.05) is 0 Å². The third kappa shape index (κ3) is 4.40. The third-order valence-corrected chi connectivity index (χ3v) is 5.72. The van der Waals surface area contributed by atoms with Crippen molar-refractivity contribution in [2.24, 2.45) is 4.99 Å². The summed E-state index contributed by atoms with van der Waals surface area (Å²) in [6.07, 6.45) is 1.76. The molecule has 150 valence electrons. The molecule has 0 fully saturated rings. The van der Waals surface area contributed by atoms with E-state index in [4.69, 9.17) is 16.3 Å². The van der Waals surface area contributed by atoms with E-state index in [1.807, 2.05) is 60.7 Å². The lowest BCUT2D eigenvalue weighted by Crippen LogP contribution is -2.23. The lowest BCUT2D eigenvalue weighted by Gasteiger charge is -2.13. The number of fused-ring (bicyclic) bond motifs is 1. The lowest BCUT2D eigenvalue weighted by molar-refractivity contribution is -0.117. The number of carbonyl (C=O) groups is 2. The molecule has 0 saturated carbocycles. The molecule has 0 atom stereocenters. The summed E-state index contributed by atoms with van der Waals surface area (Å²) in [7, 11) is 0. The highest BCUT2D eigenvalue weighted by molar-refractivity contribution is 8.18. The van der Waals surface area contributed by atoms with Crippen molar-refractivity contribution in [1.82, 2.24) is 5.32 Å². The van der Waals surface area contributed by atoms with Crippen molar-refractivity contribution in [3.8, 4) is 5.75 Å². The minimum atomic E-state index is -0.395. The van der Waals surface area contributed by atoms with E-state index in [1.165, 1.54) is 6.92 Å². The summed E-state index contributed by atoms with van der Waals surface area (Å²) in [6, 6.07) is 19.2. The van der Waals surface area contributed by atoms with Crippen molar-refractivity contribution in [3.05, 3.63) is 81.7 Å². The maximum absolute atomic E-state index is 12.4. The molecule has 3 aromatic rings. The molecule has 1 aliphatic heterocycles. The summed E-state index contributed by atoms with van der Waals surface area (Å²) in [6.45, 7) is 1.67. The van der Waals surface area contributed by atoms with E-state index in [2.05, 4.69) is 10.3 Å². The Labute approximate surface area is 182 Å². The van der Waals surface area contributed by atoms with Crippen LogP contribution in [0.1, 0.15) is 18.1 Å². The number of ether oxygens (including phenoxy) is 1. The van der Waals surface area contributed by atoms with Crippen LogP contribution in [0, 0.1) is 0 Å². The molecule has 0 aliphatic carbocycles. The molecule has 4 rings (SSSR count). The van der Waals surface area contributed by atoms with Gasteiger partial charge in [0.05, 0.1) is 4.91 Å². The summed E-state index contributed by atoms with van der Waals surface area (Å²) >= 11 is 7.38. The van der Waals surface area contributed by atoms with Gasteiger partial charge < -0.3 is 10.1 Å². The first-order valence-electron chi connectivity index (χ1n) is 9.19. The number of amidine groups is 1. The van der Waals surface area contributed by atoms with Gasteiger partial charge >= 0.3 is 0 Å². The molecule has 0 saturated heterocycles. The molecule has 0 aromatic heterocycles. The van der Waals surface area contributed by atoms with Gasteiger partial charge in [-0.15, -0.1) is 0 Å². The number of thioether (sulfide) groups is 1. The highest BCUT2D eigenvalue weighted by Crippen LogP contribution is 2.35. The SMILES string of the molecule is CC(=O)NC1=NC(=O)/C(=C/c2c(OCc3ccccc3Cl)ccc3ccccc23)S1. The predicted molar refractivity (Wildman–Crippen MR) is 122 cm³/mol. The van der Waals surface area contributed by atoms with E-state index < -0.39 is 5.91 Å². The fourth-order valence-electron chi connectivity index (χ4n) is 3.07. The van der Waals surface area contributed by atoms with E-state index >= 15 is 0 Å². The Morgan fingerprint density at radius 3 is 2.70 bits per heavy atom. The molecule has 7 heteroatoms. The molecular formula is C23H17ClN2O3S. The minimum Gasteiger partial charge on any atom is -0.488 e. The van der Waals surface area contributed by atoms with Crippen LogP contribution in [-0.4, -0.2) is 17.0 Å². The van der Waals surface area contributed by atoms with Gasteiger partial charge in [0, 0.05) is 23.1 Å². The largest absolute Gasteiger partial charge is 0.488 e. The zero-order valence-electron chi connectivity index (χ0n) is 16.0. The van der Waals surface area contributed by atoms with Gasteiger partial charge in [-0.1, -0.05) is 60.1 Å². The second-order valence-corrected chi connectivity index (χ2v) is 8.03. The number of hydrogen-bond acceptors (Lipinski definition) is 4. The third-order valence-electron chi connectivity index (χ3n) is 4.45. The van der Waals surface area contributed by atoms with Gasteiger partial charge in [0.25, 0.3) is 5.91 Å². The maximum Gasteiger partial charge on any atom is 0.286 e. The topological polar surface area (TPSA) is 67.8 Å². The van der Waals surface area contributed by atoms with E-state index in [0.29, 0.717) is 22.3 Å². The second-order valence-electron chi connectivity index (χ2n) is 6.59. The number of nitrogens with one attached hydrogen (secondary N) is 1. The van der Waals surface area contributed by atoms with Crippen LogP contribution in [0.5, 0.6) is 5.75 Å². The lowest BCUT2D eigenvalue weighted by atomic mass is 10.0. The smallest absolute Gasteiger partial charge is 0.286 e. The zero-order chi connectivity index (χ0) is 21.1. The van der Waals surface area contributed by atoms with Crippen molar-refractivity contribution < 1.29 is 14.3 Å². The molecule has 1 N–H and O–H groups in total. The Morgan fingerprint density at radius 1 is 1.13 bits per heavy atom. The average molecular weight is 437 g/mol. The van der Waals surface area contributed by atoms with Crippen molar-refractivity contribution in [3.63, 3.8) is 0 Å². The van der Waals surface area contributed by atoms with Crippen molar-refractivity contribution >= 4 is 57.2 Å². The Kier molecular flexibility index (Phi) is 5.88. The normalized spacial score (nSPS) is 14.8. The quantitative estimate of drug-likeness (QED) is 0.572. The van der Waals surface area contributed by atoms with Crippen LogP contribution in [0.4, 0.5) is 0 Å². The number of carbonyl (C=O) groups excluding carboxylic acids is 2. The average Bonchev–Trinajstić information content (AvgIpc) is 3.06. The van der Waals surface area contributed by atoms with Crippen LogP contribution in [0.3, 0.4) is 0 Å². The van der Waals surface area contributed by atoms with Crippen LogP contribution in [-0.2, 0) is 16.2 Å². The fourth-order valence-corrected chi connectivity index (χ4v) is 4.10. The predicted octanol–water partition coefficient (Wildman–Crippen LogP) is 5.18. The Morgan fingerprint density at radius 2 is 1.90 bits per heavy atom. The molecule has 0 unspecified atom stereocenters. The second kappa shape index (κ2) is 8.73. The van der Waals surface area contributed by atoms with Gasteiger partial charge in [0.15, 0.2) is 5.17 Å². The zero-order valence-corrected chi connectivity index (χ0v) is 17.6. The molecule has 5 nitrogen and oxygen atoms in total. The van der Waals surface area contributed by atoms with Crippen LogP contribution < -0.4 is 10.1 Å². The highest BCUT2D eigenvalue weighted by atomic mass is 35.5. The van der Waals surface area contributed by atoms with E-state index in [9.17, 15) is 9.59 Å². The number of benzene rings is 3. The number of rotatable bonds is 4. The molecule has 0 radical (unpaired) electrons. The molecule has 1 heterocycles. The molecule has 0 bridgehead atoms. The summed E-state index contributed by atoms with van der Waals surface area (Å²) in [5.74, 6) is -0.0412.